The second kappa shape index (κ2) is 12.7. The molecule has 3 atom stereocenters. The molecular weight excluding hydrogens is 576 g/mol. The minimum absolute atomic E-state index is 0.00774. The van der Waals surface area contributed by atoms with Gasteiger partial charge in [0.25, 0.3) is 5.91 Å². The maximum atomic E-state index is 15.1. The fraction of sp³-hybridized carbons (Fsp3) is 0.294. The van der Waals surface area contributed by atoms with E-state index in [4.69, 9.17) is 9.84 Å². The predicted octanol–water partition coefficient (Wildman–Crippen LogP) is 7.50. The summed E-state index contributed by atoms with van der Waals surface area (Å²) in [5, 5.41) is 13.3. The molecule has 1 aliphatic rings. The lowest BCUT2D eigenvalue weighted by atomic mass is 9.91. The van der Waals surface area contributed by atoms with Gasteiger partial charge in [-0.2, -0.15) is 13.2 Å². The number of methoxy groups -OCH3 is 1. The van der Waals surface area contributed by atoms with E-state index < -0.39 is 35.4 Å². The highest BCUT2D eigenvalue weighted by Crippen LogP contribution is 2.46. The molecule has 1 fully saturated rings. The first-order valence-electron chi connectivity index (χ1n) is 14.2. The number of carboxylic acid groups (broad SMARTS) is 1. The molecule has 5 rings (SSSR count). The van der Waals surface area contributed by atoms with Crippen molar-refractivity contribution in [3.05, 3.63) is 112 Å². The third-order valence-electron chi connectivity index (χ3n) is 8.34. The Bertz CT molecular complexity index is 1670. The Balaban J connectivity index is 1.46. The van der Waals surface area contributed by atoms with Crippen LogP contribution >= 0.6 is 0 Å². The second-order valence-electron chi connectivity index (χ2n) is 11.0. The summed E-state index contributed by atoms with van der Waals surface area (Å²) < 4.78 is 61.1. The van der Waals surface area contributed by atoms with Gasteiger partial charge in [-0.3, -0.25) is 14.5 Å². The molecule has 0 radical (unpaired) electrons. The number of likely N-dealkylation sites (tertiary alicyclic amines) is 1. The van der Waals surface area contributed by atoms with Gasteiger partial charge in [-0.05, 0) is 89.3 Å². The number of fused-ring (bicyclic) bond motifs is 1. The van der Waals surface area contributed by atoms with Crippen LogP contribution in [0.5, 0.6) is 5.75 Å². The Morgan fingerprint density at radius 1 is 1.00 bits per heavy atom. The van der Waals surface area contributed by atoms with Crippen LogP contribution in [-0.4, -0.2) is 42.1 Å². The lowest BCUT2D eigenvalue weighted by molar-refractivity contribution is -0.138. The zero-order valence-corrected chi connectivity index (χ0v) is 24.2. The zero-order chi connectivity index (χ0) is 31.6. The van der Waals surface area contributed by atoms with E-state index in [2.05, 4.69) is 16.3 Å². The molecule has 4 aromatic rings. The topological polar surface area (TPSA) is 78.9 Å². The molecule has 1 heterocycles. The van der Waals surface area contributed by atoms with E-state index >= 15 is 4.39 Å². The van der Waals surface area contributed by atoms with Crippen LogP contribution in [0.2, 0.25) is 0 Å². The highest BCUT2D eigenvalue weighted by atomic mass is 19.4. The number of aliphatic carboxylic acids is 1. The van der Waals surface area contributed by atoms with Crippen molar-refractivity contribution < 1.29 is 37.0 Å². The number of carboxylic acids is 1. The van der Waals surface area contributed by atoms with Gasteiger partial charge in [-0.25, -0.2) is 4.39 Å². The van der Waals surface area contributed by atoms with Gasteiger partial charge >= 0.3 is 12.1 Å². The number of alkyl halides is 3. The third kappa shape index (κ3) is 6.70. The number of carbonyl (C=O) groups is 2. The van der Waals surface area contributed by atoms with Gasteiger partial charge in [-0.15, -0.1) is 0 Å². The van der Waals surface area contributed by atoms with Crippen molar-refractivity contribution in [2.45, 2.75) is 43.9 Å². The van der Waals surface area contributed by atoms with Gasteiger partial charge < -0.3 is 15.2 Å². The molecule has 0 spiro atoms. The average molecular weight is 609 g/mol. The average Bonchev–Trinajstić information content (AvgIpc) is 3.45. The number of rotatable bonds is 9. The van der Waals surface area contributed by atoms with Crippen LogP contribution in [0.15, 0.2) is 78.9 Å². The highest BCUT2D eigenvalue weighted by Gasteiger charge is 2.39. The molecule has 0 saturated carbocycles. The number of amides is 1. The molecule has 44 heavy (non-hydrogen) atoms. The lowest BCUT2D eigenvalue weighted by Gasteiger charge is -2.31. The summed E-state index contributed by atoms with van der Waals surface area (Å²) in [5.41, 5.74) is 1.36. The van der Waals surface area contributed by atoms with Crippen molar-refractivity contribution in [1.29, 1.82) is 0 Å². The first-order valence-corrected chi connectivity index (χ1v) is 14.2. The Morgan fingerprint density at radius 2 is 1.70 bits per heavy atom. The van der Waals surface area contributed by atoms with Crippen LogP contribution < -0.4 is 10.1 Å². The normalized spacial score (nSPS) is 17.9. The molecule has 2 N–H and O–H groups in total. The first kappa shape index (κ1) is 31.0. The standard InChI is InChI=1S/C34H32F4N2O4/c1-20(21-3-5-22(6-4-21)33(43)39-14-13-32(41)42)40-19-26(29-18-27(34(36,37)38)10-12-30(29)35)17-31(40)25-8-7-24-16-28(44-2)11-9-23(24)15-25/h3-12,15-16,18,20,26,31H,13-14,17,19H2,1-2H3,(H,39,43)(H,41,42). The van der Waals surface area contributed by atoms with Crippen LogP contribution in [0, 0.1) is 5.82 Å². The number of hydrogen-bond acceptors (Lipinski definition) is 4. The zero-order valence-electron chi connectivity index (χ0n) is 24.2. The van der Waals surface area contributed by atoms with E-state index in [9.17, 15) is 22.8 Å². The Hall–Kier alpha value is -4.44. The number of ether oxygens (including phenoxy) is 1. The summed E-state index contributed by atoms with van der Waals surface area (Å²) in [6, 6.07) is 20.8. The molecule has 1 amide bonds. The molecule has 4 aromatic carbocycles. The van der Waals surface area contributed by atoms with E-state index in [-0.39, 0.29) is 30.6 Å². The Labute approximate surface area is 252 Å². The lowest BCUT2D eigenvalue weighted by Crippen LogP contribution is -2.28. The fourth-order valence-corrected chi connectivity index (χ4v) is 5.94. The van der Waals surface area contributed by atoms with Gasteiger partial charge in [-0.1, -0.05) is 30.3 Å². The molecule has 1 aliphatic heterocycles. The highest BCUT2D eigenvalue weighted by molar-refractivity contribution is 5.94. The van der Waals surface area contributed by atoms with E-state index in [0.717, 1.165) is 45.8 Å². The largest absolute Gasteiger partial charge is 0.497 e. The van der Waals surface area contributed by atoms with Crippen molar-refractivity contribution in [2.75, 3.05) is 20.2 Å². The summed E-state index contributed by atoms with van der Waals surface area (Å²) in [4.78, 5) is 25.3. The maximum Gasteiger partial charge on any atom is 0.416 e. The number of halogens is 4. The van der Waals surface area contributed by atoms with Crippen molar-refractivity contribution in [3.63, 3.8) is 0 Å². The predicted molar refractivity (Wildman–Crippen MR) is 158 cm³/mol. The Morgan fingerprint density at radius 3 is 2.39 bits per heavy atom. The minimum Gasteiger partial charge on any atom is -0.497 e. The summed E-state index contributed by atoms with van der Waals surface area (Å²) in [7, 11) is 1.60. The van der Waals surface area contributed by atoms with Crippen LogP contribution in [-0.2, 0) is 11.0 Å². The number of hydrogen-bond donors (Lipinski definition) is 2. The number of nitrogens with one attached hydrogen (secondary N) is 1. The monoisotopic (exact) mass is 608 g/mol. The van der Waals surface area contributed by atoms with E-state index in [1.165, 1.54) is 0 Å². The van der Waals surface area contributed by atoms with Crippen molar-refractivity contribution >= 4 is 22.6 Å². The third-order valence-corrected chi connectivity index (χ3v) is 8.34. The second-order valence-corrected chi connectivity index (χ2v) is 11.0. The molecular formula is C34H32F4N2O4. The van der Waals surface area contributed by atoms with E-state index in [1.54, 1.807) is 31.4 Å². The van der Waals surface area contributed by atoms with Crippen LogP contribution in [0.3, 0.4) is 0 Å². The Kier molecular flexibility index (Phi) is 8.92. The molecule has 1 saturated heterocycles. The number of carbonyl (C=O) groups excluding carboxylic acids is 1. The van der Waals surface area contributed by atoms with Gasteiger partial charge in [0.15, 0.2) is 0 Å². The molecule has 230 valence electrons. The van der Waals surface area contributed by atoms with Crippen molar-refractivity contribution in [1.82, 2.24) is 10.2 Å². The quantitative estimate of drug-likeness (QED) is 0.193. The van der Waals surface area contributed by atoms with Crippen LogP contribution in [0.25, 0.3) is 10.8 Å². The minimum atomic E-state index is -4.59. The molecule has 0 aromatic heterocycles. The summed E-state index contributed by atoms with van der Waals surface area (Å²) in [5.74, 6) is -1.84. The van der Waals surface area contributed by atoms with E-state index in [1.807, 2.05) is 37.3 Å². The van der Waals surface area contributed by atoms with Crippen molar-refractivity contribution in [2.24, 2.45) is 0 Å². The first-order chi connectivity index (χ1) is 20.9. The molecule has 10 heteroatoms. The van der Waals surface area contributed by atoms with Gasteiger partial charge in [0.05, 0.1) is 19.1 Å². The summed E-state index contributed by atoms with van der Waals surface area (Å²) in [6.07, 6.45) is -4.37. The van der Waals surface area contributed by atoms with E-state index in [0.29, 0.717) is 18.5 Å². The SMILES string of the molecule is COc1ccc2cc(C3CC(c4cc(C(F)(F)F)ccc4F)CN3C(C)c3ccc(C(=O)NCCC(=O)O)cc3)ccc2c1. The number of nitrogens with zero attached hydrogens (tertiary/aromatic N) is 1. The van der Waals surface area contributed by atoms with Gasteiger partial charge in [0.2, 0.25) is 0 Å². The maximum absolute atomic E-state index is 15.1. The van der Waals surface area contributed by atoms with Crippen molar-refractivity contribution in [3.8, 4) is 5.75 Å². The van der Waals surface area contributed by atoms with Crippen LogP contribution in [0.4, 0.5) is 17.6 Å². The van der Waals surface area contributed by atoms with Crippen LogP contribution in [0.1, 0.15) is 70.4 Å². The number of benzene rings is 4. The fourth-order valence-electron chi connectivity index (χ4n) is 5.94. The smallest absolute Gasteiger partial charge is 0.416 e. The summed E-state index contributed by atoms with van der Waals surface area (Å²) in [6.45, 7) is 2.31. The molecule has 6 nitrogen and oxygen atoms in total. The molecule has 3 unspecified atom stereocenters. The molecule has 0 bridgehead atoms. The summed E-state index contributed by atoms with van der Waals surface area (Å²) >= 11 is 0. The molecule has 0 aliphatic carbocycles. The van der Waals surface area contributed by atoms with Gasteiger partial charge in [0, 0.05) is 36.7 Å². The van der Waals surface area contributed by atoms with Gasteiger partial charge in [0.1, 0.15) is 11.6 Å².